The Morgan fingerprint density at radius 1 is 1.45 bits per heavy atom. The fraction of sp³-hybridized carbons (Fsp3) is 0.357. The molecule has 20 heavy (non-hydrogen) atoms. The molecule has 0 bridgehead atoms. The Morgan fingerprint density at radius 2 is 2.30 bits per heavy atom. The van der Waals surface area contributed by atoms with Crippen molar-refractivity contribution < 1.29 is 4.79 Å². The number of hydrogen-bond donors (Lipinski definition) is 2. The Balaban J connectivity index is 1.89. The number of nitrogens with zero attached hydrogens (tertiary/aromatic N) is 3. The zero-order chi connectivity index (χ0) is 14.4. The van der Waals surface area contributed by atoms with Crippen LogP contribution >= 0.6 is 0 Å². The number of pyridine rings is 1. The molecule has 0 saturated carbocycles. The summed E-state index contributed by atoms with van der Waals surface area (Å²) in [4.78, 5) is 15.7. The largest absolute Gasteiger partial charge is 0.385 e. The second kappa shape index (κ2) is 6.70. The summed E-state index contributed by atoms with van der Waals surface area (Å²) >= 11 is 0. The van der Waals surface area contributed by atoms with Gasteiger partial charge in [-0.1, -0.05) is 0 Å². The third-order valence-corrected chi connectivity index (χ3v) is 2.83. The number of nitrogens with one attached hydrogen (secondary N) is 2. The van der Waals surface area contributed by atoms with E-state index in [2.05, 4.69) is 20.7 Å². The second-order valence-electron chi connectivity index (χ2n) is 4.49. The van der Waals surface area contributed by atoms with Crippen LogP contribution in [0.2, 0.25) is 0 Å². The highest BCUT2D eigenvalue weighted by Gasteiger charge is 2.06. The first-order chi connectivity index (χ1) is 9.69. The number of rotatable bonds is 6. The average Bonchev–Trinajstić information content (AvgIpc) is 2.85. The molecule has 6 heteroatoms. The van der Waals surface area contributed by atoms with Crippen LogP contribution in [-0.4, -0.2) is 33.8 Å². The van der Waals surface area contributed by atoms with E-state index in [0.717, 1.165) is 18.7 Å². The van der Waals surface area contributed by atoms with Gasteiger partial charge in [-0.25, -0.2) is 0 Å². The first-order valence-electron chi connectivity index (χ1n) is 6.64. The van der Waals surface area contributed by atoms with Crippen molar-refractivity contribution in [3.8, 4) is 0 Å². The van der Waals surface area contributed by atoms with Crippen molar-refractivity contribution in [2.45, 2.75) is 13.3 Å². The van der Waals surface area contributed by atoms with E-state index in [1.54, 1.807) is 16.9 Å². The van der Waals surface area contributed by atoms with E-state index in [1.165, 1.54) is 5.56 Å². The van der Waals surface area contributed by atoms with Gasteiger partial charge in [0.05, 0.1) is 6.20 Å². The molecule has 0 aliphatic heterocycles. The fourth-order valence-corrected chi connectivity index (χ4v) is 1.87. The number of aromatic nitrogens is 3. The lowest BCUT2D eigenvalue weighted by Gasteiger charge is -2.07. The zero-order valence-corrected chi connectivity index (χ0v) is 11.8. The molecule has 0 aliphatic rings. The van der Waals surface area contributed by atoms with Gasteiger partial charge in [0.2, 0.25) is 0 Å². The van der Waals surface area contributed by atoms with Gasteiger partial charge in [-0.15, -0.1) is 0 Å². The topological polar surface area (TPSA) is 71.8 Å². The predicted molar refractivity (Wildman–Crippen MR) is 77.6 cm³/mol. The van der Waals surface area contributed by atoms with E-state index in [1.807, 2.05) is 32.4 Å². The number of aryl methyl sites for hydroxylation is 1. The number of anilines is 1. The number of carbonyl (C=O) groups is 1. The summed E-state index contributed by atoms with van der Waals surface area (Å²) in [5.41, 5.74) is 2.50. The molecule has 106 valence electrons. The highest BCUT2D eigenvalue weighted by Crippen LogP contribution is 2.08. The normalized spacial score (nSPS) is 10.3. The van der Waals surface area contributed by atoms with E-state index in [-0.39, 0.29) is 5.91 Å². The van der Waals surface area contributed by atoms with Crippen LogP contribution in [0.3, 0.4) is 0 Å². The smallest absolute Gasteiger partial charge is 0.269 e. The third kappa shape index (κ3) is 3.81. The van der Waals surface area contributed by atoms with Gasteiger partial charge in [0.15, 0.2) is 0 Å². The molecule has 1 amide bonds. The minimum absolute atomic E-state index is 0.150. The molecule has 0 fully saturated rings. The molecule has 0 aliphatic carbocycles. The van der Waals surface area contributed by atoms with Gasteiger partial charge >= 0.3 is 0 Å². The van der Waals surface area contributed by atoms with Gasteiger partial charge in [0.25, 0.3) is 5.91 Å². The predicted octanol–water partition coefficient (Wildman–Crippen LogP) is 1.22. The average molecular weight is 273 g/mol. The van der Waals surface area contributed by atoms with Crippen LogP contribution in [0.5, 0.6) is 0 Å². The lowest BCUT2D eigenvalue weighted by atomic mass is 10.2. The van der Waals surface area contributed by atoms with Gasteiger partial charge < -0.3 is 10.6 Å². The molecule has 0 spiro atoms. The maximum absolute atomic E-state index is 11.7. The minimum Gasteiger partial charge on any atom is -0.385 e. The Morgan fingerprint density at radius 3 is 3.00 bits per heavy atom. The fourth-order valence-electron chi connectivity index (χ4n) is 1.87. The van der Waals surface area contributed by atoms with Crippen molar-refractivity contribution in [2.24, 2.45) is 7.05 Å². The standard InChI is InChI=1S/C14H19N5O/c1-3-15-14(20)13-8-12(5-7-17-13)16-6-4-11-9-18-19(2)10-11/h5,7-10H,3-4,6H2,1-2H3,(H,15,20)(H,16,17). The molecule has 0 atom stereocenters. The summed E-state index contributed by atoms with van der Waals surface area (Å²) < 4.78 is 1.79. The molecular weight excluding hydrogens is 254 g/mol. The van der Waals surface area contributed by atoms with Crippen LogP contribution in [0.4, 0.5) is 5.69 Å². The lowest BCUT2D eigenvalue weighted by Crippen LogP contribution is -2.23. The summed E-state index contributed by atoms with van der Waals surface area (Å²) in [5.74, 6) is -0.150. The first kappa shape index (κ1) is 14.0. The first-order valence-corrected chi connectivity index (χ1v) is 6.64. The van der Waals surface area contributed by atoms with Crippen molar-refractivity contribution in [2.75, 3.05) is 18.4 Å². The summed E-state index contributed by atoms with van der Waals surface area (Å²) in [6.45, 7) is 3.26. The Kier molecular flexibility index (Phi) is 4.70. The van der Waals surface area contributed by atoms with Crippen LogP contribution < -0.4 is 10.6 Å². The SMILES string of the molecule is CCNC(=O)c1cc(NCCc2cnn(C)c2)ccn1. The highest BCUT2D eigenvalue weighted by molar-refractivity contribution is 5.93. The minimum atomic E-state index is -0.150. The molecule has 2 N–H and O–H groups in total. The summed E-state index contributed by atoms with van der Waals surface area (Å²) in [6.07, 6.45) is 6.37. The molecule has 0 radical (unpaired) electrons. The molecule has 2 aromatic heterocycles. The number of amides is 1. The number of carbonyl (C=O) groups excluding carboxylic acids is 1. The molecule has 0 aromatic carbocycles. The Labute approximate surface area is 118 Å². The molecule has 2 aromatic rings. The maximum atomic E-state index is 11.7. The van der Waals surface area contributed by atoms with Crippen LogP contribution in [0.25, 0.3) is 0 Å². The summed E-state index contributed by atoms with van der Waals surface area (Å²) in [6, 6.07) is 3.61. The van der Waals surface area contributed by atoms with Crippen LogP contribution in [0, 0.1) is 0 Å². The molecule has 2 rings (SSSR count). The monoisotopic (exact) mass is 273 g/mol. The van der Waals surface area contributed by atoms with E-state index < -0.39 is 0 Å². The van der Waals surface area contributed by atoms with Gasteiger partial charge in [-0.05, 0) is 31.0 Å². The molecule has 0 unspecified atom stereocenters. The van der Waals surface area contributed by atoms with Crippen molar-refractivity contribution >= 4 is 11.6 Å². The quantitative estimate of drug-likeness (QED) is 0.830. The van der Waals surface area contributed by atoms with Crippen LogP contribution in [0.15, 0.2) is 30.7 Å². The molecular formula is C14H19N5O. The lowest BCUT2D eigenvalue weighted by molar-refractivity contribution is 0.0951. The summed E-state index contributed by atoms with van der Waals surface area (Å²) in [7, 11) is 1.90. The van der Waals surface area contributed by atoms with Crippen molar-refractivity contribution in [3.05, 3.63) is 42.0 Å². The third-order valence-electron chi connectivity index (χ3n) is 2.83. The Bertz CT molecular complexity index is 578. The van der Waals surface area contributed by atoms with Gasteiger partial charge in [0, 0.05) is 38.2 Å². The zero-order valence-electron chi connectivity index (χ0n) is 11.8. The van der Waals surface area contributed by atoms with Crippen molar-refractivity contribution in [3.63, 3.8) is 0 Å². The van der Waals surface area contributed by atoms with E-state index in [0.29, 0.717) is 12.2 Å². The molecule has 0 saturated heterocycles. The van der Waals surface area contributed by atoms with Crippen LogP contribution in [-0.2, 0) is 13.5 Å². The Hall–Kier alpha value is -2.37. The number of hydrogen-bond acceptors (Lipinski definition) is 4. The maximum Gasteiger partial charge on any atom is 0.269 e. The molecule has 6 nitrogen and oxygen atoms in total. The van der Waals surface area contributed by atoms with E-state index >= 15 is 0 Å². The van der Waals surface area contributed by atoms with Gasteiger partial charge in [0.1, 0.15) is 5.69 Å². The van der Waals surface area contributed by atoms with E-state index in [9.17, 15) is 4.79 Å². The van der Waals surface area contributed by atoms with E-state index in [4.69, 9.17) is 0 Å². The van der Waals surface area contributed by atoms with Crippen molar-refractivity contribution in [1.82, 2.24) is 20.1 Å². The highest BCUT2D eigenvalue weighted by atomic mass is 16.1. The van der Waals surface area contributed by atoms with Crippen molar-refractivity contribution in [1.29, 1.82) is 0 Å². The summed E-state index contributed by atoms with van der Waals surface area (Å²) in [5, 5.41) is 10.1. The van der Waals surface area contributed by atoms with Crippen LogP contribution in [0.1, 0.15) is 23.0 Å². The second-order valence-corrected chi connectivity index (χ2v) is 4.49. The molecule has 2 heterocycles. The van der Waals surface area contributed by atoms with Gasteiger partial charge in [-0.3, -0.25) is 14.5 Å². The van der Waals surface area contributed by atoms with Gasteiger partial charge in [-0.2, -0.15) is 5.10 Å².